The SMILES string of the molecule is Cc1ccc(-c2cc(=O)n(CC(=O)N3CCc4ccccc4C3)cn2)cc1. The summed E-state index contributed by atoms with van der Waals surface area (Å²) in [7, 11) is 0. The van der Waals surface area contributed by atoms with E-state index < -0.39 is 0 Å². The first-order chi connectivity index (χ1) is 13.1. The van der Waals surface area contributed by atoms with Crippen LogP contribution in [-0.4, -0.2) is 26.9 Å². The number of carbonyl (C=O) groups excluding carboxylic acids is 1. The van der Waals surface area contributed by atoms with Crippen molar-refractivity contribution >= 4 is 5.91 Å². The molecule has 1 aliphatic heterocycles. The highest BCUT2D eigenvalue weighted by Gasteiger charge is 2.20. The number of rotatable bonds is 3. The molecule has 0 aliphatic carbocycles. The van der Waals surface area contributed by atoms with Crippen molar-refractivity contribution in [3.8, 4) is 11.3 Å². The van der Waals surface area contributed by atoms with E-state index >= 15 is 0 Å². The molecule has 136 valence electrons. The quantitative estimate of drug-likeness (QED) is 0.723. The second-order valence-electron chi connectivity index (χ2n) is 6.94. The number of nitrogens with zero attached hydrogens (tertiary/aromatic N) is 3. The molecule has 0 saturated heterocycles. The maximum Gasteiger partial charge on any atom is 0.254 e. The molecule has 3 aromatic rings. The first kappa shape index (κ1) is 17.2. The van der Waals surface area contributed by atoms with Crippen LogP contribution in [0.5, 0.6) is 0 Å². The fraction of sp³-hybridized carbons (Fsp3) is 0.227. The van der Waals surface area contributed by atoms with Gasteiger partial charge in [-0.15, -0.1) is 0 Å². The smallest absolute Gasteiger partial charge is 0.254 e. The van der Waals surface area contributed by atoms with Gasteiger partial charge in [0.1, 0.15) is 6.54 Å². The Morgan fingerprint density at radius 3 is 2.56 bits per heavy atom. The lowest BCUT2D eigenvalue weighted by Crippen LogP contribution is -2.39. The molecule has 2 heterocycles. The minimum absolute atomic E-state index is 0.0160. The van der Waals surface area contributed by atoms with Crippen LogP contribution in [0.25, 0.3) is 11.3 Å². The number of hydrogen-bond donors (Lipinski definition) is 0. The monoisotopic (exact) mass is 359 g/mol. The number of benzene rings is 2. The zero-order valence-corrected chi connectivity index (χ0v) is 15.3. The first-order valence-electron chi connectivity index (χ1n) is 9.08. The third-order valence-corrected chi connectivity index (χ3v) is 5.02. The molecule has 0 spiro atoms. The van der Waals surface area contributed by atoms with Gasteiger partial charge in [0, 0.05) is 24.7 Å². The molecule has 1 amide bonds. The van der Waals surface area contributed by atoms with Crippen molar-refractivity contribution in [2.75, 3.05) is 6.54 Å². The minimum atomic E-state index is -0.216. The highest BCUT2D eigenvalue weighted by atomic mass is 16.2. The number of aryl methyl sites for hydroxylation is 1. The van der Waals surface area contributed by atoms with Gasteiger partial charge in [0.25, 0.3) is 5.56 Å². The summed E-state index contributed by atoms with van der Waals surface area (Å²) in [5.74, 6) is -0.0588. The average Bonchev–Trinajstić information content (AvgIpc) is 2.69. The molecule has 1 aromatic heterocycles. The van der Waals surface area contributed by atoms with Crippen LogP contribution in [0.15, 0.2) is 65.7 Å². The maximum atomic E-state index is 12.7. The Morgan fingerprint density at radius 2 is 1.81 bits per heavy atom. The fourth-order valence-electron chi connectivity index (χ4n) is 3.38. The molecule has 1 aliphatic rings. The molecular weight excluding hydrogens is 338 g/mol. The summed E-state index contributed by atoms with van der Waals surface area (Å²) >= 11 is 0. The highest BCUT2D eigenvalue weighted by Crippen LogP contribution is 2.19. The van der Waals surface area contributed by atoms with Crippen molar-refractivity contribution in [1.29, 1.82) is 0 Å². The Morgan fingerprint density at radius 1 is 1.07 bits per heavy atom. The summed E-state index contributed by atoms with van der Waals surface area (Å²) in [4.78, 5) is 31.3. The van der Waals surface area contributed by atoms with E-state index in [1.807, 2.05) is 48.2 Å². The van der Waals surface area contributed by atoms with Crippen LogP contribution in [0.3, 0.4) is 0 Å². The standard InChI is InChI=1S/C22H21N3O2/c1-16-6-8-18(9-7-16)20-12-21(26)25(15-23-20)14-22(27)24-11-10-17-4-2-3-5-19(17)13-24/h2-9,12,15H,10-11,13-14H2,1H3. The van der Waals surface area contributed by atoms with Gasteiger partial charge in [-0.25, -0.2) is 4.98 Å². The fourth-order valence-corrected chi connectivity index (χ4v) is 3.38. The lowest BCUT2D eigenvalue weighted by Gasteiger charge is -2.29. The molecular formula is C22H21N3O2. The van der Waals surface area contributed by atoms with Crippen molar-refractivity contribution in [2.24, 2.45) is 0 Å². The molecule has 27 heavy (non-hydrogen) atoms. The molecule has 0 radical (unpaired) electrons. The molecule has 4 rings (SSSR count). The summed E-state index contributed by atoms with van der Waals surface area (Å²) in [6, 6.07) is 17.5. The van der Waals surface area contributed by atoms with Crippen LogP contribution >= 0.6 is 0 Å². The predicted octanol–water partition coefficient (Wildman–Crippen LogP) is 2.80. The molecule has 0 saturated carbocycles. The highest BCUT2D eigenvalue weighted by molar-refractivity contribution is 5.76. The number of hydrogen-bond acceptors (Lipinski definition) is 3. The number of carbonyl (C=O) groups is 1. The Labute approximate surface area is 157 Å². The van der Waals surface area contributed by atoms with Crippen molar-refractivity contribution in [1.82, 2.24) is 14.5 Å². The van der Waals surface area contributed by atoms with Gasteiger partial charge < -0.3 is 4.90 Å². The van der Waals surface area contributed by atoms with Crippen molar-refractivity contribution in [3.63, 3.8) is 0 Å². The van der Waals surface area contributed by atoms with Gasteiger partial charge in [0.2, 0.25) is 5.91 Å². The summed E-state index contributed by atoms with van der Waals surface area (Å²) in [6.07, 6.45) is 2.31. The van der Waals surface area contributed by atoms with Crippen LogP contribution in [0, 0.1) is 6.92 Å². The van der Waals surface area contributed by atoms with Crippen LogP contribution in [0.2, 0.25) is 0 Å². The second kappa shape index (κ2) is 7.19. The zero-order valence-electron chi connectivity index (χ0n) is 15.3. The summed E-state index contributed by atoms with van der Waals surface area (Å²) in [6.45, 7) is 3.31. The van der Waals surface area contributed by atoms with Crippen LogP contribution in [0.1, 0.15) is 16.7 Å². The molecule has 0 unspecified atom stereocenters. The predicted molar refractivity (Wildman–Crippen MR) is 104 cm³/mol. The Kier molecular flexibility index (Phi) is 4.59. The number of amides is 1. The van der Waals surface area contributed by atoms with E-state index in [1.54, 1.807) is 0 Å². The molecule has 5 nitrogen and oxygen atoms in total. The van der Waals surface area contributed by atoms with Gasteiger partial charge in [-0.1, -0.05) is 54.1 Å². The van der Waals surface area contributed by atoms with E-state index in [0.717, 1.165) is 17.5 Å². The normalized spacial score (nSPS) is 13.3. The van der Waals surface area contributed by atoms with E-state index in [4.69, 9.17) is 0 Å². The van der Waals surface area contributed by atoms with E-state index in [0.29, 0.717) is 18.8 Å². The Balaban J connectivity index is 1.49. The van der Waals surface area contributed by atoms with Gasteiger partial charge in [-0.05, 0) is 24.5 Å². The van der Waals surface area contributed by atoms with Crippen LogP contribution < -0.4 is 5.56 Å². The van der Waals surface area contributed by atoms with Crippen molar-refractivity contribution in [2.45, 2.75) is 26.4 Å². The molecule has 0 atom stereocenters. The molecule has 0 N–H and O–H groups in total. The zero-order chi connectivity index (χ0) is 18.8. The molecule has 0 bridgehead atoms. The summed E-state index contributed by atoms with van der Waals surface area (Å²) in [5.41, 5.74) is 4.92. The minimum Gasteiger partial charge on any atom is -0.336 e. The molecule has 5 heteroatoms. The van der Waals surface area contributed by atoms with Crippen LogP contribution in [-0.2, 0) is 24.3 Å². The number of fused-ring (bicyclic) bond motifs is 1. The van der Waals surface area contributed by atoms with Crippen molar-refractivity contribution < 1.29 is 4.79 Å². The third kappa shape index (κ3) is 3.67. The molecule has 2 aromatic carbocycles. The first-order valence-corrected chi connectivity index (χ1v) is 9.08. The van der Waals surface area contributed by atoms with E-state index in [1.165, 1.54) is 28.1 Å². The number of aromatic nitrogens is 2. The van der Waals surface area contributed by atoms with Gasteiger partial charge in [0.05, 0.1) is 12.0 Å². The van der Waals surface area contributed by atoms with Gasteiger partial charge >= 0.3 is 0 Å². The van der Waals surface area contributed by atoms with Gasteiger partial charge in [-0.2, -0.15) is 0 Å². The Hall–Kier alpha value is -3.21. The largest absolute Gasteiger partial charge is 0.336 e. The summed E-state index contributed by atoms with van der Waals surface area (Å²) < 4.78 is 1.38. The lowest BCUT2D eigenvalue weighted by atomic mass is 10.00. The van der Waals surface area contributed by atoms with Crippen molar-refractivity contribution in [3.05, 3.63) is 88.0 Å². The van der Waals surface area contributed by atoms with Gasteiger partial charge in [-0.3, -0.25) is 14.2 Å². The van der Waals surface area contributed by atoms with E-state index in [2.05, 4.69) is 17.1 Å². The summed E-state index contributed by atoms with van der Waals surface area (Å²) in [5, 5.41) is 0. The topological polar surface area (TPSA) is 55.2 Å². The van der Waals surface area contributed by atoms with Crippen LogP contribution in [0.4, 0.5) is 0 Å². The van der Waals surface area contributed by atoms with E-state index in [9.17, 15) is 9.59 Å². The third-order valence-electron chi connectivity index (χ3n) is 5.02. The maximum absolute atomic E-state index is 12.7. The second-order valence-corrected chi connectivity index (χ2v) is 6.94. The molecule has 0 fully saturated rings. The lowest BCUT2D eigenvalue weighted by molar-refractivity contribution is -0.132. The Bertz CT molecular complexity index is 1040. The van der Waals surface area contributed by atoms with Gasteiger partial charge in [0.15, 0.2) is 0 Å². The van der Waals surface area contributed by atoms with E-state index in [-0.39, 0.29) is 18.0 Å². The average molecular weight is 359 g/mol.